The van der Waals surface area contributed by atoms with Gasteiger partial charge in [0.2, 0.25) is 0 Å². The molecule has 2 N–H and O–H groups in total. The summed E-state index contributed by atoms with van der Waals surface area (Å²) in [4.78, 5) is 47.9. The first-order valence-electron chi connectivity index (χ1n) is 12.2. The molecule has 0 heterocycles. The first-order chi connectivity index (χ1) is 19.2. The number of carbonyl (C=O) groups is 4. The number of hydrogen-bond donors (Lipinski definition) is 3. The lowest BCUT2D eigenvalue weighted by atomic mass is 10.1. The molecule has 0 atom stereocenters. The number of hydrogen-bond acceptors (Lipinski definition) is 13. The largest absolute Gasteiger partial charge is 0.493 e. The van der Waals surface area contributed by atoms with E-state index in [1.165, 1.54) is 14.2 Å². The molecule has 0 saturated heterocycles. The van der Waals surface area contributed by atoms with Crippen molar-refractivity contribution < 1.29 is 47.6 Å². The fraction of sp³-hybridized carbons (Fsp3) is 0.407. The molecule has 0 amide bonds. The van der Waals surface area contributed by atoms with Gasteiger partial charge in [-0.05, 0) is 35.4 Å². The molecule has 40 heavy (non-hydrogen) atoms. The lowest BCUT2D eigenvalue weighted by Crippen LogP contribution is -2.28. The summed E-state index contributed by atoms with van der Waals surface area (Å²) in [5.41, 5.74) is 7.14. The van der Waals surface area contributed by atoms with E-state index in [0.717, 1.165) is 0 Å². The molecule has 2 rings (SSSR count). The van der Waals surface area contributed by atoms with E-state index in [2.05, 4.69) is 25.3 Å². The van der Waals surface area contributed by atoms with Crippen molar-refractivity contribution in [2.45, 2.75) is 44.9 Å². The molecule has 0 saturated carbocycles. The predicted molar refractivity (Wildman–Crippen MR) is 151 cm³/mol. The second-order valence-corrected chi connectivity index (χ2v) is 9.25. The van der Waals surface area contributed by atoms with Crippen LogP contribution in [0.4, 0.5) is 0 Å². The van der Waals surface area contributed by atoms with Crippen molar-refractivity contribution in [3.05, 3.63) is 47.5 Å². The van der Waals surface area contributed by atoms with Gasteiger partial charge in [-0.15, -0.1) is 0 Å². The first-order valence-corrected chi connectivity index (χ1v) is 13.5. The highest BCUT2D eigenvalue weighted by molar-refractivity contribution is 7.80. The van der Waals surface area contributed by atoms with Gasteiger partial charge in [0.1, 0.15) is 13.2 Å². The third kappa shape index (κ3) is 11.4. The van der Waals surface area contributed by atoms with Crippen molar-refractivity contribution in [3.8, 4) is 23.0 Å². The molecule has 0 fully saturated rings. The number of methoxy groups -OCH3 is 2. The highest BCUT2D eigenvalue weighted by Crippen LogP contribution is 2.30. The van der Waals surface area contributed by atoms with Crippen molar-refractivity contribution >= 4 is 49.1 Å². The maximum absolute atomic E-state index is 12.2. The van der Waals surface area contributed by atoms with Crippen molar-refractivity contribution in [3.63, 3.8) is 0 Å². The number of benzene rings is 2. The minimum atomic E-state index is -0.814. The van der Waals surface area contributed by atoms with Crippen LogP contribution in [0, 0.1) is 0 Å². The molecule has 0 aliphatic carbocycles. The van der Waals surface area contributed by atoms with Crippen molar-refractivity contribution in [1.82, 2.24) is 0 Å². The monoisotopic (exact) mass is 595 g/mol. The molecule has 0 unspecified atom stereocenters. The van der Waals surface area contributed by atoms with Crippen LogP contribution in [-0.4, -0.2) is 55.6 Å². The van der Waals surface area contributed by atoms with Crippen LogP contribution < -0.4 is 24.7 Å². The molecule has 2 aromatic rings. The minimum absolute atomic E-state index is 0.0704. The van der Waals surface area contributed by atoms with Crippen LogP contribution in [0.15, 0.2) is 36.4 Å². The van der Waals surface area contributed by atoms with Gasteiger partial charge in [-0.25, -0.2) is 0 Å². The SMILES string of the molecule is COc1cc(COC(=O)CC(N)CC(=O)OCc2ccc(OC(=O)CCS)c(OC)c2)ccc1OC(=O)CCS. The lowest BCUT2D eigenvalue weighted by Gasteiger charge is -2.13. The highest BCUT2D eigenvalue weighted by atomic mass is 32.1. The maximum Gasteiger partial charge on any atom is 0.312 e. The normalized spacial score (nSPS) is 10.6. The standard InChI is InChI=1S/C27H33NO10S2/c1-33-22-11-17(3-5-20(22)37-24(29)7-9-39)15-35-26(31)13-19(28)14-27(32)36-16-18-4-6-21(23(12-18)34-2)38-25(30)8-10-40/h3-6,11-12,19,39-40H,7-10,13-16,28H2,1-2H3. The Bertz CT molecular complexity index is 1080. The predicted octanol–water partition coefficient (Wildman–Crippen LogP) is 3.05. The lowest BCUT2D eigenvalue weighted by molar-refractivity contribution is -0.147. The smallest absolute Gasteiger partial charge is 0.312 e. The number of rotatable bonds is 16. The van der Waals surface area contributed by atoms with Crippen LogP contribution in [0.2, 0.25) is 0 Å². The van der Waals surface area contributed by atoms with Crippen molar-refractivity contribution in [2.75, 3.05) is 25.7 Å². The van der Waals surface area contributed by atoms with E-state index in [0.29, 0.717) is 34.1 Å². The molecular formula is C27H33NO10S2. The van der Waals surface area contributed by atoms with Crippen LogP contribution in [0.3, 0.4) is 0 Å². The Morgan fingerprint density at radius 3 is 1.43 bits per heavy atom. The third-order valence-electron chi connectivity index (χ3n) is 5.19. The van der Waals surface area contributed by atoms with E-state index >= 15 is 0 Å². The number of nitrogens with two attached hydrogens (primary N) is 1. The van der Waals surface area contributed by atoms with E-state index in [9.17, 15) is 19.2 Å². The molecule has 0 radical (unpaired) electrons. The zero-order chi connectivity index (χ0) is 29.5. The van der Waals surface area contributed by atoms with Crippen LogP contribution in [0.5, 0.6) is 23.0 Å². The Morgan fingerprint density at radius 1 is 0.675 bits per heavy atom. The molecule has 0 bridgehead atoms. The maximum atomic E-state index is 12.2. The van der Waals surface area contributed by atoms with E-state index in [1.807, 2.05) is 0 Å². The average molecular weight is 596 g/mol. The first kappa shape index (κ1) is 32.8. The molecule has 13 heteroatoms. The summed E-state index contributed by atoms with van der Waals surface area (Å²) in [5, 5.41) is 0. The summed E-state index contributed by atoms with van der Waals surface area (Å²) in [6.07, 6.45) is -0.105. The molecule has 0 aliphatic rings. The zero-order valence-electron chi connectivity index (χ0n) is 22.3. The fourth-order valence-electron chi connectivity index (χ4n) is 3.25. The van der Waals surface area contributed by atoms with Gasteiger partial charge in [0.05, 0.1) is 39.9 Å². The number of thiol groups is 2. The van der Waals surface area contributed by atoms with Gasteiger partial charge in [0.15, 0.2) is 23.0 Å². The number of ether oxygens (including phenoxy) is 6. The molecule has 0 aromatic heterocycles. The van der Waals surface area contributed by atoms with Gasteiger partial charge < -0.3 is 34.2 Å². The quantitative estimate of drug-likeness (QED) is 0.149. The number of esters is 4. The second-order valence-electron chi connectivity index (χ2n) is 8.36. The van der Waals surface area contributed by atoms with Gasteiger partial charge in [-0.1, -0.05) is 12.1 Å². The molecule has 218 valence electrons. The van der Waals surface area contributed by atoms with Gasteiger partial charge in [-0.3, -0.25) is 19.2 Å². The van der Waals surface area contributed by atoms with E-state index < -0.39 is 29.9 Å². The molecule has 11 nitrogen and oxygen atoms in total. The van der Waals surface area contributed by atoms with Gasteiger partial charge in [0.25, 0.3) is 0 Å². The Balaban J connectivity index is 1.80. The summed E-state index contributed by atoms with van der Waals surface area (Å²) < 4.78 is 31.4. The van der Waals surface area contributed by atoms with Crippen molar-refractivity contribution in [1.29, 1.82) is 0 Å². The van der Waals surface area contributed by atoms with Crippen LogP contribution in [0.25, 0.3) is 0 Å². The zero-order valence-corrected chi connectivity index (χ0v) is 24.0. The van der Waals surface area contributed by atoms with Crippen molar-refractivity contribution in [2.24, 2.45) is 5.73 Å². The summed E-state index contributed by atoms with van der Waals surface area (Å²) in [7, 11) is 2.85. The Kier molecular flexibility index (Phi) is 14.2. The summed E-state index contributed by atoms with van der Waals surface area (Å²) in [6.45, 7) is -0.141. The Hall–Kier alpha value is -3.42. The van der Waals surface area contributed by atoms with Gasteiger partial charge >= 0.3 is 23.9 Å². The third-order valence-corrected chi connectivity index (χ3v) is 5.64. The summed E-state index contributed by atoms with van der Waals surface area (Å²) in [5.74, 6) is -0.276. The second kappa shape index (κ2) is 17.3. The fourth-order valence-corrected chi connectivity index (χ4v) is 3.61. The van der Waals surface area contributed by atoms with Gasteiger partial charge in [-0.2, -0.15) is 25.3 Å². The van der Waals surface area contributed by atoms with Crippen LogP contribution in [0.1, 0.15) is 36.8 Å². The highest BCUT2D eigenvalue weighted by Gasteiger charge is 2.18. The molecular weight excluding hydrogens is 562 g/mol. The molecule has 0 aliphatic heterocycles. The average Bonchev–Trinajstić information content (AvgIpc) is 2.92. The van der Waals surface area contributed by atoms with E-state index in [1.54, 1.807) is 36.4 Å². The van der Waals surface area contributed by atoms with E-state index in [-0.39, 0.29) is 50.4 Å². The topological polar surface area (TPSA) is 150 Å². The van der Waals surface area contributed by atoms with E-state index in [4.69, 9.17) is 34.2 Å². The van der Waals surface area contributed by atoms with Gasteiger partial charge in [0, 0.05) is 17.5 Å². The number of carbonyl (C=O) groups excluding carboxylic acids is 4. The summed E-state index contributed by atoms with van der Waals surface area (Å²) in [6, 6.07) is 8.70. The Morgan fingerprint density at radius 2 is 1.07 bits per heavy atom. The Labute approximate surface area is 243 Å². The minimum Gasteiger partial charge on any atom is -0.493 e. The summed E-state index contributed by atoms with van der Waals surface area (Å²) >= 11 is 7.99. The molecule has 0 spiro atoms. The molecule has 2 aromatic carbocycles. The van der Waals surface area contributed by atoms with Crippen LogP contribution in [-0.2, 0) is 41.9 Å². The van der Waals surface area contributed by atoms with Crippen LogP contribution >= 0.6 is 25.3 Å².